The molecule has 5 heteroatoms. The number of carboxylic acids is 1. The summed E-state index contributed by atoms with van der Waals surface area (Å²) in [6, 6.07) is 16.4. The summed E-state index contributed by atoms with van der Waals surface area (Å²) in [6.45, 7) is 2.64. The molecule has 1 aliphatic rings. The quantitative estimate of drug-likeness (QED) is 0.879. The molecule has 1 N–H and O–H groups in total. The van der Waals surface area contributed by atoms with Crippen molar-refractivity contribution in [3.05, 3.63) is 65.7 Å². The van der Waals surface area contributed by atoms with Gasteiger partial charge >= 0.3 is 5.97 Å². The second kappa shape index (κ2) is 7.94. The van der Waals surface area contributed by atoms with Gasteiger partial charge in [0.2, 0.25) is 0 Å². The number of carbonyl (C=O) groups is 2. The van der Waals surface area contributed by atoms with Gasteiger partial charge in [-0.25, -0.2) is 0 Å². The van der Waals surface area contributed by atoms with E-state index in [0.29, 0.717) is 11.3 Å². The van der Waals surface area contributed by atoms with E-state index in [9.17, 15) is 14.7 Å². The summed E-state index contributed by atoms with van der Waals surface area (Å²) in [6.07, 6.45) is 2.44. The maximum atomic E-state index is 12.9. The summed E-state index contributed by atoms with van der Waals surface area (Å²) < 4.78 is 0. The number of amides is 1. The van der Waals surface area contributed by atoms with E-state index in [-0.39, 0.29) is 12.5 Å². The van der Waals surface area contributed by atoms with Gasteiger partial charge in [0.1, 0.15) is 6.54 Å². The van der Waals surface area contributed by atoms with Crippen LogP contribution < -0.4 is 4.90 Å². The molecule has 0 aliphatic carbocycles. The monoisotopic (exact) mass is 338 g/mol. The standard InChI is InChI=1S/C20H22N2O3/c23-19(24)15-22(18-9-2-1-3-10-18)20(25)17-8-6-7-16(13-17)14-21-11-4-5-12-21/h1-3,6-10,13H,4-5,11-12,14-15H2,(H,23,24). The largest absolute Gasteiger partial charge is 0.480 e. The SMILES string of the molecule is O=C(O)CN(C(=O)c1cccc(CN2CCCC2)c1)c1ccccc1. The fraction of sp³-hybridized carbons (Fsp3) is 0.300. The maximum Gasteiger partial charge on any atom is 0.323 e. The van der Waals surface area contributed by atoms with Crippen LogP contribution in [-0.4, -0.2) is 41.5 Å². The van der Waals surface area contributed by atoms with Gasteiger partial charge in [-0.1, -0.05) is 30.3 Å². The Hall–Kier alpha value is -2.66. The molecule has 0 bridgehead atoms. The van der Waals surface area contributed by atoms with Gasteiger partial charge in [-0.05, 0) is 55.8 Å². The smallest absolute Gasteiger partial charge is 0.323 e. The van der Waals surface area contributed by atoms with Crippen LogP contribution in [0.2, 0.25) is 0 Å². The predicted octanol–water partition coefficient (Wildman–Crippen LogP) is 3.01. The molecule has 0 unspecified atom stereocenters. The third-order valence-electron chi connectivity index (χ3n) is 4.39. The molecule has 2 aromatic carbocycles. The van der Waals surface area contributed by atoms with Gasteiger partial charge in [0.15, 0.2) is 0 Å². The van der Waals surface area contributed by atoms with Crippen LogP contribution >= 0.6 is 0 Å². The lowest BCUT2D eigenvalue weighted by molar-refractivity contribution is -0.135. The van der Waals surface area contributed by atoms with Crippen molar-refractivity contribution in [1.82, 2.24) is 4.90 Å². The van der Waals surface area contributed by atoms with Gasteiger partial charge in [-0.15, -0.1) is 0 Å². The molecule has 0 aromatic heterocycles. The van der Waals surface area contributed by atoms with Crippen LogP contribution in [0.5, 0.6) is 0 Å². The van der Waals surface area contributed by atoms with Crippen molar-refractivity contribution in [1.29, 1.82) is 0 Å². The number of nitrogens with zero attached hydrogens (tertiary/aromatic N) is 2. The van der Waals surface area contributed by atoms with Crippen molar-refractivity contribution in [3.8, 4) is 0 Å². The molecule has 3 rings (SSSR count). The normalized spacial score (nSPS) is 14.4. The van der Waals surface area contributed by atoms with Crippen LogP contribution in [0.3, 0.4) is 0 Å². The molecule has 0 atom stereocenters. The molecule has 1 aliphatic heterocycles. The van der Waals surface area contributed by atoms with E-state index in [1.807, 2.05) is 24.3 Å². The predicted molar refractivity (Wildman–Crippen MR) is 96.7 cm³/mol. The minimum atomic E-state index is -1.04. The van der Waals surface area contributed by atoms with Gasteiger partial charge in [0.25, 0.3) is 5.91 Å². The molecule has 130 valence electrons. The average Bonchev–Trinajstić information content (AvgIpc) is 3.13. The second-order valence-electron chi connectivity index (χ2n) is 6.30. The highest BCUT2D eigenvalue weighted by Crippen LogP contribution is 2.19. The molecule has 2 aromatic rings. The number of carboxylic acid groups (broad SMARTS) is 1. The number of rotatable bonds is 6. The molecule has 0 saturated carbocycles. The Morgan fingerprint density at radius 1 is 1.00 bits per heavy atom. The minimum Gasteiger partial charge on any atom is -0.480 e. The Morgan fingerprint density at radius 3 is 2.40 bits per heavy atom. The number of carbonyl (C=O) groups excluding carboxylic acids is 1. The first kappa shape index (κ1) is 17.2. The number of anilines is 1. The van der Waals surface area contributed by atoms with Crippen molar-refractivity contribution in [3.63, 3.8) is 0 Å². The van der Waals surface area contributed by atoms with Crippen LogP contribution in [0.15, 0.2) is 54.6 Å². The topological polar surface area (TPSA) is 60.9 Å². The molecule has 0 radical (unpaired) electrons. The second-order valence-corrected chi connectivity index (χ2v) is 6.30. The highest BCUT2D eigenvalue weighted by Gasteiger charge is 2.21. The van der Waals surface area contributed by atoms with E-state index in [1.165, 1.54) is 17.7 Å². The van der Waals surface area contributed by atoms with Crippen molar-refractivity contribution < 1.29 is 14.7 Å². The van der Waals surface area contributed by atoms with Gasteiger partial charge in [-0.3, -0.25) is 19.4 Å². The zero-order valence-corrected chi connectivity index (χ0v) is 14.1. The number of likely N-dealkylation sites (tertiary alicyclic amines) is 1. The number of hydrogen-bond donors (Lipinski definition) is 1. The fourth-order valence-corrected chi connectivity index (χ4v) is 3.18. The average molecular weight is 338 g/mol. The zero-order valence-electron chi connectivity index (χ0n) is 14.1. The third-order valence-corrected chi connectivity index (χ3v) is 4.39. The summed E-state index contributed by atoms with van der Waals surface area (Å²) in [4.78, 5) is 27.8. The number of benzene rings is 2. The van der Waals surface area contributed by atoms with Gasteiger partial charge in [0, 0.05) is 17.8 Å². The molecular weight excluding hydrogens is 316 g/mol. The molecule has 1 fully saturated rings. The lowest BCUT2D eigenvalue weighted by Gasteiger charge is -2.21. The van der Waals surface area contributed by atoms with Crippen LogP contribution in [0.1, 0.15) is 28.8 Å². The number of aliphatic carboxylic acids is 1. The van der Waals surface area contributed by atoms with E-state index < -0.39 is 5.97 Å². The Balaban J connectivity index is 1.82. The molecule has 1 saturated heterocycles. The maximum absolute atomic E-state index is 12.9. The summed E-state index contributed by atoms with van der Waals surface area (Å²) in [5.74, 6) is -1.33. The van der Waals surface area contributed by atoms with Crippen molar-refractivity contribution in [2.24, 2.45) is 0 Å². The van der Waals surface area contributed by atoms with Gasteiger partial charge in [0.05, 0.1) is 0 Å². The number of hydrogen-bond acceptors (Lipinski definition) is 3. The lowest BCUT2D eigenvalue weighted by Crippen LogP contribution is -2.35. The van der Waals surface area contributed by atoms with Crippen LogP contribution in [0.4, 0.5) is 5.69 Å². The van der Waals surface area contributed by atoms with Crippen LogP contribution in [0.25, 0.3) is 0 Å². The van der Waals surface area contributed by atoms with Crippen molar-refractivity contribution in [2.45, 2.75) is 19.4 Å². The van der Waals surface area contributed by atoms with E-state index in [4.69, 9.17) is 0 Å². The molecular formula is C20H22N2O3. The van der Waals surface area contributed by atoms with Crippen molar-refractivity contribution >= 4 is 17.6 Å². The highest BCUT2D eigenvalue weighted by atomic mass is 16.4. The third kappa shape index (κ3) is 4.45. The lowest BCUT2D eigenvalue weighted by atomic mass is 10.1. The molecule has 1 amide bonds. The molecule has 0 spiro atoms. The Kier molecular flexibility index (Phi) is 5.46. The van der Waals surface area contributed by atoms with E-state index in [0.717, 1.165) is 25.2 Å². The summed E-state index contributed by atoms with van der Waals surface area (Å²) >= 11 is 0. The van der Waals surface area contributed by atoms with E-state index in [1.54, 1.807) is 30.3 Å². The van der Waals surface area contributed by atoms with E-state index in [2.05, 4.69) is 4.90 Å². The van der Waals surface area contributed by atoms with Gasteiger partial charge in [-0.2, -0.15) is 0 Å². The zero-order chi connectivity index (χ0) is 17.6. The summed E-state index contributed by atoms with van der Waals surface area (Å²) in [5, 5.41) is 9.18. The van der Waals surface area contributed by atoms with E-state index >= 15 is 0 Å². The van der Waals surface area contributed by atoms with Crippen molar-refractivity contribution in [2.75, 3.05) is 24.5 Å². The summed E-state index contributed by atoms with van der Waals surface area (Å²) in [7, 11) is 0. The Labute approximate surface area is 147 Å². The molecule has 25 heavy (non-hydrogen) atoms. The Morgan fingerprint density at radius 2 is 1.72 bits per heavy atom. The first-order chi connectivity index (χ1) is 12.1. The highest BCUT2D eigenvalue weighted by molar-refractivity contribution is 6.08. The molecule has 5 nitrogen and oxygen atoms in total. The first-order valence-corrected chi connectivity index (χ1v) is 8.53. The first-order valence-electron chi connectivity index (χ1n) is 8.53. The Bertz CT molecular complexity index is 740. The van der Waals surface area contributed by atoms with Crippen LogP contribution in [-0.2, 0) is 11.3 Å². The summed E-state index contributed by atoms with van der Waals surface area (Å²) in [5.41, 5.74) is 2.18. The number of para-hydroxylation sites is 1. The molecule has 1 heterocycles. The van der Waals surface area contributed by atoms with Crippen LogP contribution in [0, 0.1) is 0 Å². The minimum absolute atomic E-state index is 0.295. The fourth-order valence-electron chi connectivity index (χ4n) is 3.18. The van der Waals surface area contributed by atoms with Gasteiger partial charge < -0.3 is 5.11 Å².